The van der Waals surface area contributed by atoms with Crippen LogP contribution in [0.5, 0.6) is 5.75 Å². The predicted molar refractivity (Wildman–Crippen MR) is 139 cm³/mol. The number of nitrogens with zero attached hydrogens (tertiary/aromatic N) is 3. The summed E-state index contributed by atoms with van der Waals surface area (Å²) < 4.78 is 26.9. The first kappa shape index (κ1) is 26.4. The number of fused-ring (bicyclic) bond motifs is 3. The maximum absolute atomic E-state index is 14.3. The number of methoxy groups -OCH3 is 2. The maximum atomic E-state index is 14.3. The average Bonchev–Trinajstić information content (AvgIpc) is 3.32. The van der Waals surface area contributed by atoms with Crippen LogP contribution in [-0.2, 0) is 16.0 Å². The van der Waals surface area contributed by atoms with Gasteiger partial charge < -0.3 is 34.3 Å². The van der Waals surface area contributed by atoms with Gasteiger partial charge in [-0.3, -0.25) is 4.79 Å². The van der Waals surface area contributed by atoms with E-state index < -0.39 is 30.2 Å². The van der Waals surface area contributed by atoms with E-state index in [1.54, 1.807) is 0 Å². The van der Waals surface area contributed by atoms with Gasteiger partial charge in [-0.15, -0.1) is 0 Å². The van der Waals surface area contributed by atoms with Crippen LogP contribution >= 0.6 is 0 Å². The van der Waals surface area contributed by atoms with E-state index in [9.17, 15) is 24.5 Å². The molecule has 0 bridgehead atoms. The quantitative estimate of drug-likeness (QED) is 0.393. The molecule has 2 heterocycles. The number of aryl methyl sites for hydroxylation is 1. The molecule has 2 aliphatic rings. The highest BCUT2D eigenvalue weighted by Gasteiger charge is 2.35. The number of ether oxygens (including phenoxy) is 2. The van der Waals surface area contributed by atoms with Crippen LogP contribution in [-0.4, -0.2) is 57.5 Å². The Morgan fingerprint density at radius 3 is 2.66 bits per heavy atom. The van der Waals surface area contributed by atoms with Gasteiger partial charge in [-0.2, -0.15) is 0 Å². The summed E-state index contributed by atoms with van der Waals surface area (Å²) in [5.74, 6) is -1.20. The predicted octanol–water partition coefficient (Wildman–Crippen LogP) is 4.15. The standard InChI is InChI=1S/C28H34FN3O6/c1-15-7-9-19-21(31(15)28(36)38-3)10-11-22-24(19)30-26(25(33)20-14-17(29)8-12-23(20)37-2)32(22)18-6-4-5-16(13-18)27(34)35/h8,10-12,14-16,18,25,28,33,36H,4-7,9,13H2,1-3H3,(H,34,35)/t15-,16-,18?,25-,28?/m0/s1. The van der Waals surface area contributed by atoms with E-state index in [1.165, 1.54) is 32.4 Å². The smallest absolute Gasteiger partial charge is 0.306 e. The molecule has 0 radical (unpaired) electrons. The molecule has 204 valence electrons. The fraction of sp³-hybridized carbons (Fsp3) is 0.500. The number of carboxylic acids is 1. The van der Waals surface area contributed by atoms with E-state index in [4.69, 9.17) is 14.5 Å². The molecular weight excluding hydrogens is 493 g/mol. The molecule has 0 spiro atoms. The summed E-state index contributed by atoms with van der Waals surface area (Å²) in [6, 6.07) is 7.62. The molecule has 2 aromatic carbocycles. The number of imidazole rings is 1. The topological polar surface area (TPSA) is 117 Å². The van der Waals surface area contributed by atoms with Gasteiger partial charge in [0.25, 0.3) is 0 Å². The van der Waals surface area contributed by atoms with Crippen molar-refractivity contribution in [3.63, 3.8) is 0 Å². The lowest BCUT2D eigenvalue weighted by Gasteiger charge is -2.39. The van der Waals surface area contributed by atoms with E-state index in [0.29, 0.717) is 36.4 Å². The molecule has 2 unspecified atom stereocenters. The third-order valence-electron chi connectivity index (χ3n) is 8.08. The molecule has 38 heavy (non-hydrogen) atoms. The highest BCUT2D eigenvalue weighted by molar-refractivity contribution is 5.86. The third kappa shape index (κ3) is 4.50. The highest BCUT2D eigenvalue weighted by atomic mass is 19.1. The van der Waals surface area contributed by atoms with Gasteiger partial charge in [0.1, 0.15) is 23.5 Å². The Bertz CT molecular complexity index is 1340. The first-order valence-electron chi connectivity index (χ1n) is 13.0. The molecule has 1 aromatic heterocycles. The second-order valence-corrected chi connectivity index (χ2v) is 10.3. The molecule has 1 aliphatic heterocycles. The number of hydrogen-bond donors (Lipinski definition) is 3. The average molecular weight is 528 g/mol. The lowest BCUT2D eigenvalue weighted by Crippen LogP contribution is -2.45. The van der Waals surface area contributed by atoms with Crippen molar-refractivity contribution in [3.8, 4) is 5.75 Å². The molecule has 10 heteroatoms. The Morgan fingerprint density at radius 1 is 1.16 bits per heavy atom. The van der Waals surface area contributed by atoms with Gasteiger partial charge in [0.2, 0.25) is 6.41 Å². The molecular formula is C28H34FN3O6. The summed E-state index contributed by atoms with van der Waals surface area (Å²) in [6.07, 6.45) is 1.51. The van der Waals surface area contributed by atoms with Crippen molar-refractivity contribution in [3.05, 3.63) is 53.1 Å². The minimum absolute atomic E-state index is 0.0354. The summed E-state index contributed by atoms with van der Waals surface area (Å²) >= 11 is 0. The van der Waals surface area contributed by atoms with Crippen LogP contribution < -0.4 is 9.64 Å². The number of aliphatic carboxylic acids is 1. The van der Waals surface area contributed by atoms with Crippen molar-refractivity contribution < 1.29 is 34.0 Å². The van der Waals surface area contributed by atoms with E-state index >= 15 is 0 Å². The van der Waals surface area contributed by atoms with Gasteiger partial charge >= 0.3 is 5.97 Å². The fourth-order valence-electron chi connectivity index (χ4n) is 6.15. The van der Waals surface area contributed by atoms with Crippen LogP contribution in [0.2, 0.25) is 0 Å². The Kier molecular flexibility index (Phi) is 7.30. The summed E-state index contributed by atoms with van der Waals surface area (Å²) in [6.45, 7) is 2.02. The Labute approximate surface area is 220 Å². The van der Waals surface area contributed by atoms with Gasteiger partial charge in [-0.1, -0.05) is 6.42 Å². The highest BCUT2D eigenvalue weighted by Crippen LogP contribution is 2.43. The summed E-state index contributed by atoms with van der Waals surface area (Å²) in [5.41, 5.74) is 3.40. The monoisotopic (exact) mass is 527 g/mol. The van der Waals surface area contributed by atoms with Crippen molar-refractivity contribution in [1.29, 1.82) is 0 Å². The number of benzene rings is 2. The number of halogens is 1. The second-order valence-electron chi connectivity index (χ2n) is 10.3. The Morgan fingerprint density at radius 2 is 1.95 bits per heavy atom. The first-order valence-corrected chi connectivity index (χ1v) is 13.0. The van der Waals surface area contributed by atoms with Crippen LogP contribution in [0.25, 0.3) is 11.0 Å². The minimum Gasteiger partial charge on any atom is -0.496 e. The van der Waals surface area contributed by atoms with E-state index in [1.807, 2.05) is 28.5 Å². The van der Waals surface area contributed by atoms with Gasteiger partial charge in [0.05, 0.1) is 24.1 Å². The van der Waals surface area contributed by atoms with Gasteiger partial charge in [0, 0.05) is 36.0 Å². The molecule has 0 saturated heterocycles. The lowest BCUT2D eigenvalue weighted by molar-refractivity contribution is -0.143. The number of rotatable bonds is 7. The van der Waals surface area contributed by atoms with E-state index in [0.717, 1.165) is 36.0 Å². The number of aliphatic hydroxyl groups is 2. The molecule has 3 aromatic rings. The summed E-state index contributed by atoms with van der Waals surface area (Å²) in [4.78, 5) is 18.6. The summed E-state index contributed by atoms with van der Waals surface area (Å²) in [7, 11) is 2.90. The largest absolute Gasteiger partial charge is 0.496 e. The SMILES string of the molecule is COc1ccc(F)cc1[C@H](O)c1nc2c3c(ccc2n1C1CCC[C@H](C(=O)O)C1)N(C(O)OC)[C@@H](C)CC3. The van der Waals surface area contributed by atoms with E-state index in [2.05, 4.69) is 0 Å². The number of hydrogen-bond acceptors (Lipinski definition) is 7. The second kappa shape index (κ2) is 10.5. The van der Waals surface area contributed by atoms with Crippen LogP contribution in [0.3, 0.4) is 0 Å². The zero-order valence-corrected chi connectivity index (χ0v) is 21.8. The molecule has 5 atom stereocenters. The van der Waals surface area contributed by atoms with Crippen molar-refractivity contribution in [1.82, 2.24) is 9.55 Å². The normalized spacial score (nSPS) is 23.2. The van der Waals surface area contributed by atoms with Crippen LogP contribution in [0.4, 0.5) is 10.1 Å². The molecule has 1 saturated carbocycles. The first-order chi connectivity index (χ1) is 18.2. The maximum Gasteiger partial charge on any atom is 0.306 e. The Balaban J connectivity index is 1.71. The lowest BCUT2D eigenvalue weighted by atomic mass is 9.85. The van der Waals surface area contributed by atoms with Gasteiger partial charge in [0.15, 0.2) is 0 Å². The van der Waals surface area contributed by atoms with Crippen molar-refractivity contribution in [2.75, 3.05) is 19.1 Å². The molecule has 3 N–H and O–H groups in total. The Hall–Kier alpha value is -3.21. The van der Waals surface area contributed by atoms with E-state index in [-0.39, 0.29) is 17.6 Å². The fourth-order valence-corrected chi connectivity index (χ4v) is 6.15. The molecule has 9 nitrogen and oxygen atoms in total. The minimum atomic E-state index is -1.31. The van der Waals surface area contributed by atoms with Crippen LogP contribution in [0, 0.1) is 11.7 Å². The summed E-state index contributed by atoms with van der Waals surface area (Å²) in [5, 5.41) is 31.9. The molecule has 5 rings (SSSR count). The van der Waals surface area contributed by atoms with Crippen molar-refractivity contribution in [2.24, 2.45) is 5.92 Å². The van der Waals surface area contributed by atoms with Gasteiger partial charge in [-0.05, 0) is 69.4 Å². The number of aromatic nitrogens is 2. The van der Waals surface area contributed by atoms with Crippen molar-refractivity contribution >= 4 is 22.7 Å². The number of carbonyl (C=O) groups is 1. The molecule has 1 fully saturated rings. The van der Waals surface area contributed by atoms with Crippen LogP contribution in [0.1, 0.15) is 68.1 Å². The zero-order chi connectivity index (χ0) is 27.1. The zero-order valence-electron chi connectivity index (χ0n) is 21.8. The number of anilines is 1. The van der Waals surface area contributed by atoms with Crippen LogP contribution in [0.15, 0.2) is 30.3 Å². The third-order valence-corrected chi connectivity index (χ3v) is 8.08. The number of aliphatic hydroxyl groups excluding tert-OH is 2. The molecule has 0 amide bonds. The number of carboxylic acid groups (broad SMARTS) is 1. The van der Waals surface area contributed by atoms with Crippen molar-refractivity contribution in [2.45, 2.75) is 70.1 Å². The molecule has 1 aliphatic carbocycles. The van der Waals surface area contributed by atoms with Gasteiger partial charge in [-0.25, -0.2) is 9.37 Å².